The van der Waals surface area contributed by atoms with Crippen molar-refractivity contribution in [2.75, 3.05) is 13.2 Å². The molecule has 0 saturated heterocycles. The molecule has 0 aliphatic carbocycles. The number of carbonyl (C=O) groups is 1. The van der Waals surface area contributed by atoms with Crippen LogP contribution in [-0.2, 0) is 13.6 Å². The van der Waals surface area contributed by atoms with Crippen LogP contribution < -0.4 is 5.30 Å². The Kier molecular flexibility index (Phi) is 11.4. The monoisotopic (exact) mass is 380 g/mol. The number of unbranched alkanes of at least 4 members (excludes halogenated alkanes) is 6. The van der Waals surface area contributed by atoms with Crippen molar-refractivity contribution in [3.8, 4) is 0 Å². The Labute approximate surface area is 158 Å². The van der Waals surface area contributed by atoms with Gasteiger partial charge >= 0.3 is 7.60 Å². The van der Waals surface area contributed by atoms with Gasteiger partial charge in [-0.1, -0.05) is 77.2 Å². The third-order valence-electron chi connectivity index (χ3n) is 4.17. The zero-order chi connectivity index (χ0) is 19.3. The van der Waals surface area contributed by atoms with Gasteiger partial charge in [0, 0.05) is 5.56 Å². The minimum Gasteiger partial charge on any atom is -0.305 e. The molecule has 0 heterocycles. The van der Waals surface area contributed by atoms with Crippen LogP contribution in [-0.4, -0.2) is 19.0 Å². The number of hydrogen-bond donors (Lipinski definition) is 0. The average molecular weight is 380 g/mol. The van der Waals surface area contributed by atoms with E-state index in [0.29, 0.717) is 24.1 Å². The second-order valence-electron chi connectivity index (χ2n) is 6.37. The molecule has 0 radical (unpaired) electrons. The first kappa shape index (κ1) is 22.8. The molecular formula is C21H33O4P. The highest BCUT2D eigenvalue weighted by Crippen LogP contribution is 2.48. The Hall–Kier alpha value is -1.22. The van der Waals surface area contributed by atoms with Gasteiger partial charge in [0.2, 0.25) is 0 Å². The van der Waals surface area contributed by atoms with Crippen LogP contribution >= 0.6 is 7.60 Å². The van der Waals surface area contributed by atoms with E-state index in [-0.39, 0.29) is 5.78 Å². The Morgan fingerprint density at radius 2 is 1.50 bits per heavy atom. The van der Waals surface area contributed by atoms with Crippen LogP contribution in [0, 0.1) is 0 Å². The lowest BCUT2D eigenvalue weighted by molar-refractivity contribution is 0.104. The van der Waals surface area contributed by atoms with Crippen LogP contribution in [0.25, 0.3) is 0 Å². The van der Waals surface area contributed by atoms with Gasteiger partial charge < -0.3 is 9.05 Å². The van der Waals surface area contributed by atoms with Crippen molar-refractivity contribution in [2.24, 2.45) is 0 Å². The summed E-state index contributed by atoms with van der Waals surface area (Å²) in [5.74, 6) is -0.273. The van der Waals surface area contributed by atoms with E-state index in [0.717, 1.165) is 51.4 Å². The van der Waals surface area contributed by atoms with Gasteiger partial charge in [0.1, 0.15) is 0 Å². The summed E-state index contributed by atoms with van der Waals surface area (Å²) in [4.78, 5) is 12.2. The first-order valence-corrected chi connectivity index (χ1v) is 11.3. The fraction of sp³-hybridized carbons (Fsp3) is 0.571. The van der Waals surface area contributed by atoms with Crippen LogP contribution in [0.5, 0.6) is 0 Å². The summed E-state index contributed by atoms with van der Waals surface area (Å²) in [5, 5.41) is 0.343. The number of benzene rings is 1. The van der Waals surface area contributed by atoms with Gasteiger partial charge in [-0.15, -0.1) is 0 Å². The normalized spacial score (nSPS) is 11.5. The zero-order valence-electron chi connectivity index (χ0n) is 16.2. The molecule has 0 aliphatic heterocycles. The predicted molar refractivity (Wildman–Crippen MR) is 108 cm³/mol. The number of hydrogen-bond acceptors (Lipinski definition) is 4. The van der Waals surface area contributed by atoms with E-state index in [1.165, 1.54) is 6.08 Å². The van der Waals surface area contributed by atoms with Crippen LogP contribution in [0.2, 0.25) is 0 Å². The molecule has 0 atom stereocenters. The molecule has 146 valence electrons. The number of carbonyl (C=O) groups excluding carboxylic acids is 1. The number of rotatable bonds is 15. The molecule has 0 N–H and O–H groups in total. The van der Waals surface area contributed by atoms with Gasteiger partial charge in [-0.2, -0.15) is 0 Å². The summed E-state index contributed by atoms with van der Waals surface area (Å²) in [6.07, 6.45) is 9.44. The molecule has 5 heteroatoms. The van der Waals surface area contributed by atoms with Crippen molar-refractivity contribution in [3.63, 3.8) is 0 Å². The highest BCUT2D eigenvalue weighted by atomic mass is 31.2. The zero-order valence-corrected chi connectivity index (χ0v) is 17.1. The van der Waals surface area contributed by atoms with Crippen molar-refractivity contribution in [1.29, 1.82) is 0 Å². The third-order valence-corrected chi connectivity index (χ3v) is 6.19. The first-order chi connectivity index (χ1) is 12.6. The topological polar surface area (TPSA) is 52.6 Å². The van der Waals surface area contributed by atoms with E-state index in [1.807, 2.05) is 0 Å². The Morgan fingerprint density at radius 3 is 2.00 bits per heavy atom. The van der Waals surface area contributed by atoms with Crippen LogP contribution in [0.4, 0.5) is 0 Å². The maximum absolute atomic E-state index is 13.5. The fourth-order valence-electron chi connectivity index (χ4n) is 2.63. The summed E-state index contributed by atoms with van der Waals surface area (Å²) < 4.78 is 25.0. The molecule has 26 heavy (non-hydrogen) atoms. The summed E-state index contributed by atoms with van der Waals surface area (Å²) in [6.45, 7) is 8.54. The molecule has 0 amide bonds. The van der Waals surface area contributed by atoms with Crippen molar-refractivity contribution >= 4 is 18.7 Å². The quantitative estimate of drug-likeness (QED) is 0.160. The lowest BCUT2D eigenvalue weighted by Crippen LogP contribution is -2.19. The molecule has 1 rings (SSSR count). The number of allylic oxidation sites excluding steroid dienone is 1. The van der Waals surface area contributed by atoms with E-state index in [2.05, 4.69) is 20.4 Å². The third kappa shape index (κ3) is 7.57. The van der Waals surface area contributed by atoms with Crippen LogP contribution in [0.15, 0.2) is 36.9 Å². The smallest absolute Gasteiger partial charge is 0.305 e. The fourth-order valence-corrected chi connectivity index (χ4v) is 4.47. The molecule has 4 nitrogen and oxygen atoms in total. The summed E-state index contributed by atoms with van der Waals surface area (Å²) in [7, 11) is -3.54. The Bertz CT molecular complexity index is 579. The molecule has 1 aromatic carbocycles. The highest BCUT2D eigenvalue weighted by molar-refractivity contribution is 7.62. The van der Waals surface area contributed by atoms with E-state index in [4.69, 9.17) is 9.05 Å². The Morgan fingerprint density at radius 1 is 0.962 bits per heavy atom. The van der Waals surface area contributed by atoms with Gasteiger partial charge in [0.25, 0.3) is 0 Å². The molecular weight excluding hydrogens is 347 g/mol. The van der Waals surface area contributed by atoms with E-state index in [9.17, 15) is 9.36 Å². The molecule has 0 aliphatic rings. The van der Waals surface area contributed by atoms with Gasteiger partial charge in [0.15, 0.2) is 5.78 Å². The largest absolute Gasteiger partial charge is 0.362 e. The molecule has 0 fully saturated rings. The lowest BCUT2D eigenvalue weighted by atomic mass is 10.1. The standard InChI is InChI=1S/C21H33O4P/c1-4-7-9-13-17-24-26(23,25-18-14-10-8-5-2)21-16-12-11-15-19(21)20(22)6-3/h6,11-12,15-16H,3-5,7-10,13-14,17-18H2,1-2H3. The van der Waals surface area contributed by atoms with Crippen molar-refractivity contribution in [3.05, 3.63) is 42.5 Å². The van der Waals surface area contributed by atoms with Gasteiger partial charge in [-0.05, 0) is 25.0 Å². The van der Waals surface area contributed by atoms with Gasteiger partial charge in [-0.25, -0.2) is 0 Å². The van der Waals surface area contributed by atoms with Crippen molar-refractivity contribution in [2.45, 2.75) is 65.2 Å². The van der Waals surface area contributed by atoms with Gasteiger partial charge in [-0.3, -0.25) is 9.36 Å². The lowest BCUT2D eigenvalue weighted by Gasteiger charge is -2.21. The summed E-state index contributed by atoms with van der Waals surface area (Å²) in [5.41, 5.74) is 0.341. The first-order valence-electron chi connectivity index (χ1n) is 9.74. The highest BCUT2D eigenvalue weighted by Gasteiger charge is 2.31. The summed E-state index contributed by atoms with van der Waals surface area (Å²) >= 11 is 0. The van der Waals surface area contributed by atoms with Crippen LogP contribution in [0.3, 0.4) is 0 Å². The number of ketones is 1. The summed E-state index contributed by atoms with van der Waals surface area (Å²) in [6, 6.07) is 6.80. The molecule has 1 aromatic rings. The molecule has 0 spiro atoms. The molecule has 0 bridgehead atoms. The minimum atomic E-state index is -3.54. The second kappa shape index (κ2) is 13.0. The van der Waals surface area contributed by atoms with Gasteiger partial charge in [0.05, 0.1) is 18.5 Å². The van der Waals surface area contributed by atoms with Crippen molar-refractivity contribution < 1.29 is 18.4 Å². The molecule has 0 unspecified atom stereocenters. The van der Waals surface area contributed by atoms with E-state index >= 15 is 0 Å². The molecule has 0 aromatic heterocycles. The second-order valence-corrected chi connectivity index (χ2v) is 8.36. The maximum Gasteiger partial charge on any atom is 0.362 e. The van der Waals surface area contributed by atoms with Crippen LogP contribution in [0.1, 0.15) is 75.6 Å². The minimum absolute atomic E-state index is 0.273. The molecule has 0 saturated carbocycles. The van der Waals surface area contributed by atoms with Crippen molar-refractivity contribution in [1.82, 2.24) is 0 Å². The SMILES string of the molecule is C=CC(=O)c1ccccc1P(=O)(OCCCCCC)OCCCCCC. The maximum atomic E-state index is 13.5. The predicted octanol–water partition coefficient (Wildman–Crippen LogP) is 6.07. The van der Waals surface area contributed by atoms with E-state index in [1.54, 1.807) is 24.3 Å². The average Bonchev–Trinajstić information content (AvgIpc) is 2.67. The van der Waals surface area contributed by atoms with E-state index < -0.39 is 7.60 Å². The Balaban J connectivity index is 2.90.